The molecule has 3 nitrogen and oxygen atoms in total. The van der Waals surface area contributed by atoms with E-state index >= 15 is 0 Å². The van der Waals surface area contributed by atoms with Crippen molar-refractivity contribution in [2.75, 3.05) is 17.2 Å². The SMILES string of the molecule is C#CCN1C=COc2cc(F)c(N)cc21. The van der Waals surface area contributed by atoms with Gasteiger partial charge in [-0.1, -0.05) is 5.92 Å². The summed E-state index contributed by atoms with van der Waals surface area (Å²) in [5, 5.41) is 0. The zero-order valence-electron chi connectivity index (χ0n) is 7.90. The fourth-order valence-corrected chi connectivity index (χ4v) is 1.37. The summed E-state index contributed by atoms with van der Waals surface area (Å²) in [7, 11) is 0. The van der Waals surface area contributed by atoms with Crippen LogP contribution in [0.5, 0.6) is 5.75 Å². The van der Waals surface area contributed by atoms with Crippen LogP contribution in [0.4, 0.5) is 15.8 Å². The lowest BCUT2D eigenvalue weighted by Crippen LogP contribution is -2.20. The zero-order valence-corrected chi connectivity index (χ0v) is 7.90. The van der Waals surface area contributed by atoms with Crippen molar-refractivity contribution in [3.63, 3.8) is 0 Å². The summed E-state index contributed by atoms with van der Waals surface area (Å²) in [6.07, 6.45) is 8.35. The van der Waals surface area contributed by atoms with E-state index in [1.807, 2.05) is 0 Å². The van der Waals surface area contributed by atoms with Gasteiger partial charge in [0, 0.05) is 12.3 Å². The Hall–Kier alpha value is -2.15. The smallest absolute Gasteiger partial charge is 0.153 e. The molecule has 0 aromatic heterocycles. The Labute approximate surface area is 86.9 Å². The maximum Gasteiger partial charge on any atom is 0.153 e. The maximum atomic E-state index is 13.1. The third kappa shape index (κ3) is 1.59. The molecule has 15 heavy (non-hydrogen) atoms. The highest BCUT2D eigenvalue weighted by atomic mass is 19.1. The Bertz CT molecular complexity index is 462. The second-order valence-electron chi connectivity index (χ2n) is 3.08. The number of nitrogens with zero attached hydrogens (tertiary/aromatic N) is 1. The number of hydrogen-bond donors (Lipinski definition) is 1. The van der Waals surface area contributed by atoms with Crippen LogP contribution in [0.1, 0.15) is 0 Å². The molecule has 2 rings (SSSR count). The van der Waals surface area contributed by atoms with Gasteiger partial charge in [-0.05, 0) is 6.07 Å². The fraction of sp³-hybridized carbons (Fsp3) is 0.0909. The standard InChI is InChI=1S/C11H9FN2O/c1-2-3-14-4-5-15-11-6-8(12)9(13)7-10(11)14/h1,4-7H,3,13H2. The topological polar surface area (TPSA) is 38.5 Å². The van der Waals surface area contributed by atoms with Gasteiger partial charge in [0.15, 0.2) is 5.75 Å². The summed E-state index contributed by atoms with van der Waals surface area (Å²) in [6, 6.07) is 2.75. The molecule has 4 heteroatoms. The van der Waals surface area contributed by atoms with Gasteiger partial charge in [-0.25, -0.2) is 4.39 Å². The van der Waals surface area contributed by atoms with Crippen LogP contribution in [-0.4, -0.2) is 6.54 Å². The third-order valence-electron chi connectivity index (χ3n) is 2.09. The molecule has 1 heterocycles. The highest BCUT2D eigenvalue weighted by molar-refractivity contribution is 5.68. The van der Waals surface area contributed by atoms with Crippen molar-refractivity contribution >= 4 is 11.4 Å². The van der Waals surface area contributed by atoms with Crippen LogP contribution in [0.2, 0.25) is 0 Å². The van der Waals surface area contributed by atoms with E-state index < -0.39 is 5.82 Å². The average molecular weight is 204 g/mol. The molecule has 0 spiro atoms. The van der Waals surface area contributed by atoms with E-state index in [0.29, 0.717) is 18.0 Å². The van der Waals surface area contributed by atoms with Gasteiger partial charge in [0.25, 0.3) is 0 Å². The minimum Gasteiger partial charge on any atom is -0.461 e. The third-order valence-corrected chi connectivity index (χ3v) is 2.09. The molecule has 0 saturated heterocycles. The molecule has 0 bridgehead atoms. The molecule has 0 aliphatic carbocycles. The molecule has 0 radical (unpaired) electrons. The molecular formula is C11H9FN2O. The summed E-state index contributed by atoms with van der Waals surface area (Å²) >= 11 is 0. The number of rotatable bonds is 1. The fourth-order valence-electron chi connectivity index (χ4n) is 1.37. The van der Waals surface area contributed by atoms with Gasteiger partial charge >= 0.3 is 0 Å². The molecule has 1 aromatic carbocycles. The lowest BCUT2D eigenvalue weighted by Gasteiger charge is -2.24. The zero-order chi connectivity index (χ0) is 10.8. The van der Waals surface area contributed by atoms with Crippen LogP contribution < -0.4 is 15.4 Å². The Balaban J connectivity index is 2.47. The minimum atomic E-state index is -0.496. The Kier molecular flexibility index (Phi) is 2.22. The Morgan fingerprint density at radius 1 is 1.53 bits per heavy atom. The van der Waals surface area contributed by atoms with Crippen LogP contribution >= 0.6 is 0 Å². The van der Waals surface area contributed by atoms with Gasteiger partial charge in [0.2, 0.25) is 0 Å². The van der Waals surface area contributed by atoms with E-state index in [2.05, 4.69) is 5.92 Å². The van der Waals surface area contributed by atoms with Crippen molar-refractivity contribution in [3.05, 3.63) is 30.4 Å². The lowest BCUT2D eigenvalue weighted by atomic mass is 10.2. The monoisotopic (exact) mass is 204 g/mol. The van der Waals surface area contributed by atoms with Crippen LogP contribution in [0.3, 0.4) is 0 Å². The van der Waals surface area contributed by atoms with Crippen molar-refractivity contribution < 1.29 is 9.13 Å². The number of nitrogens with two attached hydrogens (primary N) is 1. The Morgan fingerprint density at radius 2 is 2.33 bits per heavy atom. The van der Waals surface area contributed by atoms with E-state index in [1.54, 1.807) is 11.1 Å². The predicted molar refractivity (Wildman–Crippen MR) is 56.8 cm³/mol. The summed E-state index contributed by atoms with van der Waals surface area (Å²) in [5.74, 6) is 2.42. The molecule has 0 amide bonds. The van der Waals surface area contributed by atoms with Crippen molar-refractivity contribution in [1.29, 1.82) is 0 Å². The highest BCUT2D eigenvalue weighted by Crippen LogP contribution is 2.35. The molecule has 1 aliphatic heterocycles. The van der Waals surface area contributed by atoms with Gasteiger partial charge in [0.1, 0.15) is 12.1 Å². The molecule has 0 unspecified atom stereocenters. The molecule has 0 atom stereocenters. The van der Waals surface area contributed by atoms with Crippen molar-refractivity contribution in [2.24, 2.45) is 0 Å². The molecular weight excluding hydrogens is 195 g/mol. The molecule has 1 aromatic rings. The number of benzene rings is 1. The van der Waals surface area contributed by atoms with Crippen molar-refractivity contribution in [3.8, 4) is 18.1 Å². The normalized spacial score (nSPS) is 12.9. The van der Waals surface area contributed by atoms with Gasteiger partial charge in [0.05, 0.1) is 17.9 Å². The van der Waals surface area contributed by atoms with Crippen LogP contribution in [0.15, 0.2) is 24.6 Å². The first-order chi connectivity index (χ1) is 7.22. The van der Waals surface area contributed by atoms with E-state index in [1.165, 1.54) is 18.4 Å². The lowest BCUT2D eigenvalue weighted by molar-refractivity contribution is 0.465. The van der Waals surface area contributed by atoms with E-state index in [0.717, 1.165) is 0 Å². The number of anilines is 2. The summed E-state index contributed by atoms with van der Waals surface area (Å²) in [5.41, 5.74) is 6.22. The first-order valence-electron chi connectivity index (χ1n) is 4.35. The predicted octanol–water partition coefficient (Wildman–Crippen LogP) is 1.71. The second-order valence-corrected chi connectivity index (χ2v) is 3.08. The molecule has 76 valence electrons. The second kappa shape index (κ2) is 3.54. The Morgan fingerprint density at radius 3 is 3.07 bits per heavy atom. The average Bonchev–Trinajstić information content (AvgIpc) is 2.21. The van der Waals surface area contributed by atoms with Crippen LogP contribution in [0, 0.1) is 18.2 Å². The number of halogens is 1. The first kappa shape index (κ1) is 9.41. The molecule has 2 N–H and O–H groups in total. The minimum absolute atomic E-state index is 0.0784. The van der Waals surface area contributed by atoms with E-state index in [-0.39, 0.29) is 5.69 Å². The quantitative estimate of drug-likeness (QED) is 0.559. The number of ether oxygens (including phenoxy) is 1. The number of nitrogen functional groups attached to an aromatic ring is 1. The van der Waals surface area contributed by atoms with E-state index in [9.17, 15) is 4.39 Å². The molecule has 0 fully saturated rings. The van der Waals surface area contributed by atoms with Gasteiger partial charge in [-0.2, -0.15) is 0 Å². The van der Waals surface area contributed by atoms with Gasteiger partial charge in [-0.3, -0.25) is 0 Å². The van der Waals surface area contributed by atoms with Crippen LogP contribution in [0.25, 0.3) is 0 Å². The summed E-state index contributed by atoms with van der Waals surface area (Å²) in [6.45, 7) is 0.387. The largest absolute Gasteiger partial charge is 0.461 e. The van der Waals surface area contributed by atoms with E-state index in [4.69, 9.17) is 16.9 Å². The molecule has 0 saturated carbocycles. The summed E-state index contributed by atoms with van der Waals surface area (Å²) < 4.78 is 18.3. The van der Waals surface area contributed by atoms with Crippen molar-refractivity contribution in [2.45, 2.75) is 0 Å². The molecule has 1 aliphatic rings. The maximum absolute atomic E-state index is 13.1. The number of hydrogen-bond acceptors (Lipinski definition) is 3. The van der Waals surface area contributed by atoms with Gasteiger partial charge < -0.3 is 15.4 Å². The number of terminal acetylenes is 1. The highest BCUT2D eigenvalue weighted by Gasteiger charge is 2.16. The van der Waals surface area contributed by atoms with Crippen molar-refractivity contribution in [1.82, 2.24) is 0 Å². The number of fused-ring (bicyclic) bond motifs is 1. The van der Waals surface area contributed by atoms with Crippen LogP contribution in [-0.2, 0) is 0 Å². The summed E-state index contributed by atoms with van der Waals surface area (Å²) in [4.78, 5) is 1.76. The first-order valence-corrected chi connectivity index (χ1v) is 4.35. The van der Waals surface area contributed by atoms with Gasteiger partial charge in [-0.15, -0.1) is 6.42 Å².